The molecule has 6 heteroatoms. The summed E-state index contributed by atoms with van der Waals surface area (Å²) in [6.45, 7) is 4.69. The molecule has 1 atom stereocenters. The lowest BCUT2D eigenvalue weighted by atomic mass is 10.0. The zero-order valence-electron chi connectivity index (χ0n) is 12.8. The second-order valence-electron chi connectivity index (χ2n) is 5.56. The van der Waals surface area contributed by atoms with Gasteiger partial charge < -0.3 is 10.2 Å². The Balaban J connectivity index is 1.62. The fourth-order valence-corrected chi connectivity index (χ4v) is 3.19. The van der Waals surface area contributed by atoms with Crippen molar-refractivity contribution in [2.45, 2.75) is 32.1 Å². The van der Waals surface area contributed by atoms with Gasteiger partial charge in [-0.25, -0.2) is 0 Å². The lowest BCUT2D eigenvalue weighted by molar-refractivity contribution is -0.119. The zero-order chi connectivity index (χ0) is 15.9. The molecule has 0 aliphatic carbocycles. The first-order chi connectivity index (χ1) is 10.6. The molecule has 4 nitrogen and oxygen atoms in total. The summed E-state index contributed by atoms with van der Waals surface area (Å²) < 4.78 is 0. The maximum Gasteiger partial charge on any atom is 0.230 e. The van der Waals surface area contributed by atoms with E-state index in [4.69, 9.17) is 16.4 Å². The van der Waals surface area contributed by atoms with Gasteiger partial charge in [0.25, 0.3) is 0 Å². The molecule has 0 saturated heterocycles. The standard InChI is InChI=1S/C16H21ClN2O2S/c1-11(2)15-7-13(21-19-15)8-18-16(20)10-22-9-12-5-3-4-6-14(12)17/h3-6,11,13H,7-10H2,1-2H3,(H,18,20)/t13-/m1/s1. The normalized spacial score (nSPS) is 17.3. The van der Waals surface area contributed by atoms with E-state index in [0.29, 0.717) is 18.2 Å². The van der Waals surface area contributed by atoms with Gasteiger partial charge >= 0.3 is 0 Å². The highest BCUT2D eigenvalue weighted by Gasteiger charge is 2.23. The third-order valence-corrected chi connectivity index (χ3v) is 4.75. The van der Waals surface area contributed by atoms with Gasteiger partial charge in [0.15, 0.2) is 0 Å². The van der Waals surface area contributed by atoms with Crippen LogP contribution in [0.1, 0.15) is 25.8 Å². The number of rotatable bonds is 7. The number of thioether (sulfide) groups is 1. The summed E-state index contributed by atoms with van der Waals surface area (Å²) in [5.41, 5.74) is 2.11. The Morgan fingerprint density at radius 1 is 1.50 bits per heavy atom. The number of hydrogen-bond acceptors (Lipinski definition) is 4. The Labute approximate surface area is 140 Å². The van der Waals surface area contributed by atoms with Crippen LogP contribution < -0.4 is 5.32 Å². The molecule has 1 aromatic rings. The highest BCUT2D eigenvalue weighted by Crippen LogP contribution is 2.20. The second kappa shape index (κ2) is 8.44. The van der Waals surface area contributed by atoms with Gasteiger partial charge in [-0.05, 0) is 17.5 Å². The van der Waals surface area contributed by atoms with Crippen LogP contribution in [-0.4, -0.2) is 30.0 Å². The summed E-state index contributed by atoms with van der Waals surface area (Å²) in [6.07, 6.45) is 0.764. The molecule has 0 aromatic heterocycles. The molecule has 0 spiro atoms. The molecule has 1 aliphatic heterocycles. The van der Waals surface area contributed by atoms with E-state index in [0.717, 1.165) is 28.5 Å². The molecule has 120 valence electrons. The van der Waals surface area contributed by atoms with Gasteiger partial charge in [0.1, 0.15) is 6.10 Å². The molecule has 0 radical (unpaired) electrons. The lowest BCUT2D eigenvalue weighted by Crippen LogP contribution is -2.33. The Morgan fingerprint density at radius 3 is 2.95 bits per heavy atom. The lowest BCUT2D eigenvalue weighted by Gasteiger charge is -2.10. The summed E-state index contributed by atoms with van der Waals surface area (Å²) in [5.74, 6) is 1.55. The average molecular weight is 341 g/mol. The molecule has 1 heterocycles. The van der Waals surface area contributed by atoms with E-state index in [-0.39, 0.29) is 12.0 Å². The first kappa shape index (κ1) is 17.2. The summed E-state index contributed by atoms with van der Waals surface area (Å²) in [7, 11) is 0. The van der Waals surface area contributed by atoms with E-state index in [1.165, 1.54) is 0 Å². The third-order valence-electron chi connectivity index (χ3n) is 3.40. The van der Waals surface area contributed by atoms with Crippen molar-refractivity contribution in [1.29, 1.82) is 0 Å². The first-order valence-electron chi connectivity index (χ1n) is 7.36. The molecule has 22 heavy (non-hydrogen) atoms. The molecular weight excluding hydrogens is 320 g/mol. The van der Waals surface area contributed by atoms with Crippen molar-refractivity contribution in [3.05, 3.63) is 34.9 Å². The van der Waals surface area contributed by atoms with Gasteiger partial charge in [-0.15, -0.1) is 11.8 Å². The van der Waals surface area contributed by atoms with Gasteiger partial charge in [0.05, 0.1) is 18.0 Å². The molecule has 1 aliphatic rings. The van der Waals surface area contributed by atoms with Crippen LogP contribution in [0.5, 0.6) is 0 Å². The number of carbonyl (C=O) groups excluding carboxylic acids is 1. The molecule has 0 bridgehead atoms. The van der Waals surface area contributed by atoms with Crippen molar-refractivity contribution in [2.24, 2.45) is 11.1 Å². The molecule has 0 fully saturated rings. The molecular formula is C16H21ClN2O2S. The Kier molecular flexibility index (Phi) is 6.58. The maximum absolute atomic E-state index is 11.8. The molecule has 2 rings (SSSR count). The van der Waals surface area contributed by atoms with Crippen LogP contribution in [0.4, 0.5) is 0 Å². The predicted molar refractivity (Wildman–Crippen MR) is 92.4 cm³/mol. The molecule has 1 amide bonds. The van der Waals surface area contributed by atoms with E-state index < -0.39 is 0 Å². The van der Waals surface area contributed by atoms with Gasteiger partial charge in [-0.2, -0.15) is 0 Å². The summed E-state index contributed by atoms with van der Waals surface area (Å²) >= 11 is 7.63. The van der Waals surface area contributed by atoms with E-state index in [2.05, 4.69) is 24.3 Å². The minimum atomic E-state index is -0.0325. The Hall–Kier alpha value is -1.20. The van der Waals surface area contributed by atoms with Crippen LogP contribution in [0.2, 0.25) is 5.02 Å². The topological polar surface area (TPSA) is 50.7 Å². The molecule has 0 saturated carbocycles. The first-order valence-corrected chi connectivity index (χ1v) is 8.90. The monoisotopic (exact) mass is 340 g/mol. The smallest absolute Gasteiger partial charge is 0.230 e. The van der Waals surface area contributed by atoms with E-state index >= 15 is 0 Å². The van der Waals surface area contributed by atoms with E-state index in [1.54, 1.807) is 11.8 Å². The molecule has 1 aromatic carbocycles. The van der Waals surface area contributed by atoms with Gasteiger partial charge in [-0.3, -0.25) is 4.79 Å². The average Bonchev–Trinajstić information content (AvgIpc) is 2.96. The second-order valence-corrected chi connectivity index (χ2v) is 6.95. The Morgan fingerprint density at radius 2 is 2.27 bits per heavy atom. The minimum Gasteiger partial charge on any atom is -0.390 e. The summed E-state index contributed by atoms with van der Waals surface area (Å²) in [4.78, 5) is 17.1. The van der Waals surface area contributed by atoms with Crippen LogP contribution in [0.25, 0.3) is 0 Å². The largest absolute Gasteiger partial charge is 0.390 e. The number of hydrogen-bond donors (Lipinski definition) is 1. The van der Waals surface area contributed by atoms with Crippen molar-refractivity contribution in [3.63, 3.8) is 0 Å². The summed E-state index contributed by atoms with van der Waals surface area (Å²) in [6, 6.07) is 7.69. The highest BCUT2D eigenvalue weighted by molar-refractivity contribution is 7.99. The van der Waals surface area contributed by atoms with Crippen molar-refractivity contribution >= 4 is 35.0 Å². The number of amides is 1. The number of nitrogens with one attached hydrogen (secondary N) is 1. The quantitative estimate of drug-likeness (QED) is 0.826. The fourth-order valence-electron chi connectivity index (χ4n) is 2.05. The van der Waals surface area contributed by atoms with Crippen molar-refractivity contribution in [2.75, 3.05) is 12.3 Å². The minimum absolute atomic E-state index is 0.0126. The van der Waals surface area contributed by atoms with Crippen LogP contribution >= 0.6 is 23.4 Å². The SMILES string of the molecule is CC(C)C1=NO[C@@H](CNC(=O)CSCc2ccccc2Cl)C1. The van der Waals surface area contributed by atoms with Gasteiger partial charge in [0.2, 0.25) is 5.91 Å². The zero-order valence-corrected chi connectivity index (χ0v) is 14.4. The van der Waals surface area contributed by atoms with Crippen molar-refractivity contribution < 1.29 is 9.63 Å². The van der Waals surface area contributed by atoms with Crippen LogP contribution in [0, 0.1) is 5.92 Å². The number of halogens is 1. The number of nitrogens with zero attached hydrogens (tertiary/aromatic N) is 1. The maximum atomic E-state index is 11.8. The van der Waals surface area contributed by atoms with Gasteiger partial charge in [-0.1, -0.05) is 48.8 Å². The van der Waals surface area contributed by atoms with E-state index in [1.807, 2.05) is 24.3 Å². The van der Waals surface area contributed by atoms with Gasteiger partial charge in [0, 0.05) is 17.2 Å². The number of benzene rings is 1. The van der Waals surface area contributed by atoms with Crippen LogP contribution in [0.3, 0.4) is 0 Å². The molecule has 0 unspecified atom stereocenters. The number of oxime groups is 1. The van der Waals surface area contributed by atoms with Crippen LogP contribution in [0.15, 0.2) is 29.4 Å². The fraction of sp³-hybridized carbons (Fsp3) is 0.500. The van der Waals surface area contributed by atoms with Crippen molar-refractivity contribution in [1.82, 2.24) is 5.32 Å². The highest BCUT2D eigenvalue weighted by atomic mass is 35.5. The van der Waals surface area contributed by atoms with Crippen molar-refractivity contribution in [3.8, 4) is 0 Å². The third kappa shape index (κ3) is 5.21. The predicted octanol–water partition coefficient (Wildman–Crippen LogP) is 3.49. The Bertz CT molecular complexity index is 549. The summed E-state index contributed by atoms with van der Waals surface area (Å²) in [5, 5.41) is 7.69. The van der Waals surface area contributed by atoms with E-state index in [9.17, 15) is 4.79 Å². The molecule has 1 N–H and O–H groups in total. The van der Waals surface area contributed by atoms with Crippen LogP contribution in [-0.2, 0) is 15.4 Å². The number of carbonyl (C=O) groups is 1.